The lowest BCUT2D eigenvalue weighted by Crippen LogP contribution is -2.30. The Balaban J connectivity index is 0.952. The van der Waals surface area contributed by atoms with Crippen LogP contribution in [0, 0.1) is 11.6 Å². The van der Waals surface area contributed by atoms with E-state index < -0.39 is 10.8 Å². The minimum Gasteiger partial charge on any atom is -0.457 e. The van der Waals surface area contributed by atoms with Gasteiger partial charge in [-0.15, -0.1) is 0 Å². The fraction of sp³-hybridized carbons (Fsp3) is 0.0256. The second-order valence-corrected chi connectivity index (χ2v) is 21.4. The number of furan rings is 1. The van der Waals surface area contributed by atoms with Crippen LogP contribution in [0.3, 0.4) is 0 Å². The summed E-state index contributed by atoms with van der Waals surface area (Å²) in [5.41, 5.74) is 14.2. The first-order chi connectivity index (χ1) is 41.3. The van der Waals surface area contributed by atoms with Gasteiger partial charge in [-0.25, -0.2) is 8.78 Å². The summed E-state index contributed by atoms with van der Waals surface area (Å²) < 4.78 is 54.0. The Morgan fingerprint density at radius 2 is 0.702 bits per heavy atom. The number of hydrogen-bond donors (Lipinski definition) is 0. The van der Waals surface area contributed by atoms with Crippen molar-refractivity contribution in [2.24, 2.45) is 0 Å². The molecule has 0 spiro atoms. The third kappa shape index (κ3) is 7.86. The quantitative estimate of drug-likeness (QED) is 0.115. The van der Waals surface area contributed by atoms with Crippen molar-refractivity contribution in [1.29, 1.82) is 0 Å². The van der Waals surface area contributed by atoms with Gasteiger partial charge in [-0.05, 0) is 170 Å². The van der Waals surface area contributed by atoms with E-state index in [1.165, 1.54) is 0 Å². The van der Waals surface area contributed by atoms with Crippen LogP contribution < -0.4 is 14.4 Å². The minimum atomic E-state index is -1.13. The SMILES string of the molecule is C=Cc1ccc(Oc2ccc(C3(c4ccccc4F)c4ccccc4-c4ccc(N(c5ccc6c(c5)C(c5ccc(Oc7ccc(C=C)cc7)cc5)(c5ccccc5F)c5ccccc5-6)c5ccc6c(c5)oc5ccccc56)cc43)cc2)cc1. The van der Waals surface area contributed by atoms with Gasteiger partial charge in [-0.2, -0.15) is 0 Å². The van der Waals surface area contributed by atoms with Crippen LogP contribution in [0.15, 0.2) is 291 Å². The molecule has 1 aromatic heterocycles. The number of benzene rings is 12. The first-order valence-corrected chi connectivity index (χ1v) is 28.1. The fourth-order valence-electron chi connectivity index (χ4n) is 13.3. The highest BCUT2D eigenvalue weighted by Crippen LogP contribution is 2.60. The van der Waals surface area contributed by atoms with Crippen molar-refractivity contribution in [3.8, 4) is 45.3 Å². The van der Waals surface area contributed by atoms with E-state index in [4.69, 9.17) is 13.9 Å². The molecule has 84 heavy (non-hydrogen) atoms. The normalized spacial score (nSPS) is 15.5. The number of fused-ring (bicyclic) bond motifs is 9. The van der Waals surface area contributed by atoms with Gasteiger partial charge in [0.25, 0.3) is 0 Å². The Morgan fingerprint density at radius 3 is 1.17 bits per heavy atom. The summed E-state index contributed by atoms with van der Waals surface area (Å²) in [6, 6.07) is 90.1. The number of ether oxygens (including phenoxy) is 2. The second kappa shape index (κ2) is 20.0. The summed E-state index contributed by atoms with van der Waals surface area (Å²) in [7, 11) is 0. The maximum atomic E-state index is 17.3. The monoisotopic (exact) mass is 1090 g/mol. The van der Waals surface area contributed by atoms with E-state index in [-0.39, 0.29) is 11.6 Å². The van der Waals surface area contributed by atoms with Gasteiger partial charge < -0.3 is 18.8 Å². The van der Waals surface area contributed by atoms with Gasteiger partial charge in [0.05, 0.1) is 10.8 Å². The highest BCUT2D eigenvalue weighted by atomic mass is 19.1. The third-order valence-electron chi connectivity index (χ3n) is 17.0. The van der Waals surface area contributed by atoms with Gasteiger partial charge in [0.1, 0.15) is 45.8 Å². The predicted molar refractivity (Wildman–Crippen MR) is 336 cm³/mol. The lowest BCUT2D eigenvalue weighted by molar-refractivity contribution is 0.482. The molecule has 0 radical (unpaired) electrons. The molecule has 0 N–H and O–H groups in total. The Hall–Kier alpha value is -10.8. The molecule has 0 saturated carbocycles. The van der Waals surface area contributed by atoms with E-state index >= 15 is 8.78 Å². The summed E-state index contributed by atoms with van der Waals surface area (Å²) in [6.45, 7) is 7.80. The largest absolute Gasteiger partial charge is 0.457 e. The fourth-order valence-corrected chi connectivity index (χ4v) is 13.3. The average molecular weight is 1090 g/mol. The van der Waals surface area contributed by atoms with Gasteiger partial charge in [-0.1, -0.05) is 189 Å². The molecule has 12 aromatic carbocycles. The molecule has 13 aromatic rings. The smallest absolute Gasteiger partial charge is 0.137 e. The van der Waals surface area contributed by atoms with Crippen molar-refractivity contribution in [3.63, 3.8) is 0 Å². The highest BCUT2D eigenvalue weighted by Gasteiger charge is 2.50. The van der Waals surface area contributed by atoms with Crippen LogP contribution in [-0.2, 0) is 10.8 Å². The molecule has 4 nitrogen and oxygen atoms in total. The molecule has 15 rings (SSSR count). The molecule has 0 aliphatic heterocycles. The molecule has 0 amide bonds. The first-order valence-electron chi connectivity index (χ1n) is 28.1. The molecule has 400 valence electrons. The maximum Gasteiger partial charge on any atom is 0.137 e. The van der Waals surface area contributed by atoms with Crippen LogP contribution in [-0.4, -0.2) is 0 Å². The summed E-state index contributed by atoms with van der Waals surface area (Å²) in [6.07, 6.45) is 3.60. The van der Waals surface area contributed by atoms with Gasteiger partial charge in [-0.3, -0.25) is 0 Å². The van der Waals surface area contributed by atoms with E-state index in [9.17, 15) is 0 Å². The van der Waals surface area contributed by atoms with Crippen LogP contribution in [0.1, 0.15) is 55.6 Å². The molecule has 0 saturated heterocycles. The third-order valence-corrected chi connectivity index (χ3v) is 17.0. The van der Waals surface area contributed by atoms with E-state index in [2.05, 4.69) is 127 Å². The Kier molecular flexibility index (Phi) is 12.0. The van der Waals surface area contributed by atoms with Crippen LogP contribution >= 0.6 is 0 Å². The number of halogens is 2. The summed E-state index contributed by atoms with van der Waals surface area (Å²) in [5.74, 6) is 2.01. The summed E-state index contributed by atoms with van der Waals surface area (Å²) in [4.78, 5) is 2.25. The van der Waals surface area contributed by atoms with Crippen LogP contribution in [0.5, 0.6) is 23.0 Å². The van der Waals surface area contributed by atoms with E-state index in [0.717, 1.165) is 106 Å². The molecule has 0 bridgehead atoms. The molecular weight excluding hydrogens is 1040 g/mol. The molecule has 2 aliphatic rings. The Labute approximate surface area is 485 Å². The van der Waals surface area contributed by atoms with Crippen LogP contribution in [0.25, 0.3) is 56.3 Å². The standard InChI is InChI=1S/C78H51F2NO3/c1-3-50-25-36-57(37-26-50)82-59-40-29-52(30-41-59)77(69-20-10-12-22-73(69)79)67-18-8-5-15-61(67)63-44-33-54(47-71(63)77)81(56-35-46-66-65-17-7-14-24-75(65)84-76(66)49-56)55-34-45-64-62-16-6-9-19-68(62)78(72(64)48-55,70-21-11-13-23-74(70)80)53-31-42-60(43-32-53)83-58-38-27-51(4-2)28-39-58/h3-49H,1-2H2. The van der Waals surface area contributed by atoms with Gasteiger partial charge in [0.15, 0.2) is 0 Å². The van der Waals surface area contributed by atoms with Crippen LogP contribution in [0.4, 0.5) is 25.8 Å². The Morgan fingerprint density at radius 1 is 0.333 bits per heavy atom. The van der Waals surface area contributed by atoms with Crippen molar-refractivity contribution in [3.05, 3.63) is 353 Å². The number of para-hydroxylation sites is 1. The van der Waals surface area contributed by atoms with E-state index in [0.29, 0.717) is 34.1 Å². The molecule has 2 aliphatic carbocycles. The average Bonchev–Trinajstić information content (AvgIpc) is 1.55. The van der Waals surface area contributed by atoms with Gasteiger partial charge >= 0.3 is 0 Å². The zero-order valence-electron chi connectivity index (χ0n) is 45.5. The number of nitrogens with zero attached hydrogens (tertiary/aromatic N) is 1. The molecule has 0 fully saturated rings. The van der Waals surface area contributed by atoms with Crippen molar-refractivity contribution in [2.45, 2.75) is 10.8 Å². The van der Waals surface area contributed by atoms with Crippen molar-refractivity contribution in [1.82, 2.24) is 0 Å². The number of anilines is 3. The van der Waals surface area contributed by atoms with Crippen molar-refractivity contribution in [2.75, 3.05) is 4.90 Å². The lowest BCUT2D eigenvalue weighted by Gasteiger charge is -2.36. The van der Waals surface area contributed by atoms with E-state index in [1.807, 2.05) is 140 Å². The van der Waals surface area contributed by atoms with Gasteiger partial charge in [0.2, 0.25) is 0 Å². The molecule has 2 unspecified atom stereocenters. The second-order valence-electron chi connectivity index (χ2n) is 21.4. The van der Waals surface area contributed by atoms with Gasteiger partial charge in [0, 0.05) is 45.0 Å². The number of rotatable bonds is 13. The molecule has 6 heteroatoms. The first kappa shape index (κ1) is 50.2. The van der Waals surface area contributed by atoms with Crippen molar-refractivity contribution >= 4 is 51.2 Å². The zero-order chi connectivity index (χ0) is 56.5. The van der Waals surface area contributed by atoms with Crippen LogP contribution in [0.2, 0.25) is 0 Å². The Bertz CT molecular complexity index is 4490. The zero-order valence-corrected chi connectivity index (χ0v) is 45.5. The highest BCUT2D eigenvalue weighted by molar-refractivity contribution is 6.06. The summed E-state index contributed by atoms with van der Waals surface area (Å²) in [5, 5.41) is 2.01. The minimum absolute atomic E-state index is 0.329. The predicted octanol–water partition coefficient (Wildman–Crippen LogP) is 20.9. The molecule has 1 heterocycles. The van der Waals surface area contributed by atoms with Crippen molar-refractivity contribution < 1.29 is 22.7 Å². The lowest BCUT2D eigenvalue weighted by atomic mass is 9.67. The molecule has 2 atom stereocenters. The van der Waals surface area contributed by atoms with E-state index in [1.54, 1.807) is 36.4 Å². The maximum absolute atomic E-state index is 17.3. The number of hydrogen-bond acceptors (Lipinski definition) is 4. The molecular formula is C78H51F2NO3. The summed E-state index contributed by atoms with van der Waals surface area (Å²) >= 11 is 0. The topological polar surface area (TPSA) is 34.8 Å².